The summed E-state index contributed by atoms with van der Waals surface area (Å²) in [5.41, 5.74) is 3.25. The fourth-order valence-corrected chi connectivity index (χ4v) is 2.88. The summed E-state index contributed by atoms with van der Waals surface area (Å²) < 4.78 is 0. The fourth-order valence-electron chi connectivity index (χ4n) is 2.50. The van der Waals surface area contributed by atoms with Crippen molar-refractivity contribution in [2.24, 2.45) is 0 Å². The van der Waals surface area contributed by atoms with Crippen molar-refractivity contribution in [2.75, 3.05) is 0 Å². The van der Waals surface area contributed by atoms with Crippen LogP contribution in [-0.2, 0) is 4.87 Å². The molecule has 106 valence electrons. The molecule has 2 heteroatoms. The van der Waals surface area contributed by atoms with E-state index in [4.69, 9.17) is 11.6 Å². The topological polar surface area (TPSA) is 0 Å². The van der Waals surface area contributed by atoms with Crippen molar-refractivity contribution in [3.05, 3.63) is 108 Å². The van der Waals surface area contributed by atoms with Crippen LogP contribution in [0.15, 0.2) is 91.0 Å². The summed E-state index contributed by atoms with van der Waals surface area (Å²) in [6.07, 6.45) is 0. The lowest BCUT2D eigenvalue weighted by molar-refractivity contribution is 0.879. The molecule has 0 bridgehead atoms. The Balaban J connectivity index is 0.00000161. The first-order valence-corrected chi connectivity index (χ1v) is 7.05. The van der Waals surface area contributed by atoms with E-state index < -0.39 is 4.87 Å². The molecule has 0 N–H and O–H groups in total. The van der Waals surface area contributed by atoms with Gasteiger partial charge >= 0.3 is 0 Å². The summed E-state index contributed by atoms with van der Waals surface area (Å²) in [6, 6.07) is 30.6. The van der Waals surface area contributed by atoms with E-state index in [1.807, 2.05) is 54.6 Å². The van der Waals surface area contributed by atoms with E-state index in [-0.39, 0.29) is 9.90 Å². The van der Waals surface area contributed by atoms with Crippen LogP contribution in [-0.4, -0.2) is 0 Å². The highest BCUT2D eigenvalue weighted by Crippen LogP contribution is 2.42. The molecule has 0 saturated carbocycles. The predicted molar refractivity (Wildman–Crippen MR) is 96.2 cm³/mol. The van der Waals surface area contributed by atoms with Gasteiger partial charge in [0.1, 0.15) is 4.87 Å². The molecule has 0 amide bonds. The Kier molecular flexibility index (Phi) is 5.17. The van der Waals surface area contributed by atoms with Crippen LogP contribution in [0.1, 0.15) is 16.7 Å². The molecule has 0 saturated heterocycles. The molecule has 0 aliphatic rings. The van der Waals surface area contributed by atoms with Crippen molar-refractivity contribution in [1.29, 1.82) is 0 Å². The average molecular weight is 313 g/mol. The first-order valence-electron chi connectivity index (χ1n) is 6.67. The molecule has 0 radical (unpaired) electrons. The molecule has 0 aromatic heterocycles. The Labute approximate surface area is 134 Å². The van der Waals surface area contributed by atoms with Crippen molar-refractivity contribution in [3.8, 4) is 0 Å². The lowest BCUT2D eigenvalue weighted by Crippen LogP contribution is -2.22. The van der Waals surface area contributed by atoms with Gasteiger partial charge in [0.15, 0.2) is 0 Å². The number of alkyl halides is 1. The molecular weight excluding hydrogens is 295 g/mol. The molecule has 3 rings (SSSR count). The Hall–Kier alpha value is -1.62. The van der Waals surface area contributed by atoms with Crippen LogP contribution in [0.3, 0.4) is 0 Å². The monoisotopic (exact) mass is 312 g/mol. The lowest BCUT2D eigenvalue weighted by Gasteiger charge is -2.29. The van der Waals surface area contributed by atoms with Gasteiger partial charge in [0.25, 0.3) is 0 Å². The molecule has 0 aliphatic carbocycles. The first kappa shape index (κ1) is 15.8. The lowest BCUT2D eigenvalue weighted by atomic mass is 9.84. The van der Waals surface area contributed by atoms with Crippen molar-refractivity contribution in [2.45, 2.75) is 4.87 Å². The van der Waals surface area contributed by atoms with Gasteiger partial charge in [-0.15, -0.1) is 11.6 Å². The third-order valence-corrected chi connectivity index (χ3v) is 4.17. The Morgan fingerprint density at radius 1 is 0.476 bits per heavy atom. The average Bonchev–Trinajstić information content (AvgIpc) is 2.56. The zero-order valence-electron chi connectivity index (χ0n) is 11.7. The van der Waals surface area contributed by atoms with Gasteiger partial charge in [-0.3, -0.25) is 0 Å². The van der Waals surface area contributed by atoms with Crippen LogP contribution in [0.5, 0.6) is 0 Å². The highest BCUT2D eigenvalue weighted by Gasteiger charge is 2.33. The van der Waals surface area contributed by atoms with Crippen LogP contribution in [0.4, 0.5) is 0 Å². The van der Waals surface area contributed by atoms with Gasteiger partial charge in [-0.1, -0.05) is 91.0 Å². The summed E-state index contributed by atoms with van der Waals surface area (Å²) in [6.45, 7) is 0. The molecule has 0 nitrogen and oxygen atoms in total. The summed E-state index contributed by atoms with van der Waals surface area (Å²) >= 11 is 7.12. The van der Waals surface area contributed by atoms with Crippen molar-refractivity contribution >= 4 is 21.5 Å². The number of rotatable bonds is 3. The zero-order valence-corrected chi connectivity index (χ0v) is 13.9. The maximum absolute atomic E-state index is 7.12. The normalized spacial score (nSPS) is 10.7. The molecule has 0 aliphatic heterocycles. The SMILES string of the molecule is ClC(c1ccccc1)(c1ccccc1)c1ccccc1.P. The minimum atomic E-state index is -0.649. The fraction of sp³-hybridized carbons (Fsp3) is 0.0526. The van der Waals surface area contributed by atoms with Crippen LogP contribution in [0.25, 0.3) is 0 Å². The third-order valence-electron chi connectivity index (χ3n) is 3.51. The Bertz CT molecular complexity index is 569. The maximum Gasteiger partial charge on any atom is 0.119 e. The second-order valence-corrected chi connectivity index (χ2v) is 5.32. The smallest absolute Gasteiger partial charge is 0.119 e. The van der Waals surface area contributed by atoms with Gasteiger partial charge in [-0.05, 0) is 16.7 Å². The minimum absolute atomic E-state index is 0. The quantitative estimate of drug-likeness (QED) is 0.351. The van der Waals surface area contributed by atoms with Gasteiger partial charge in [-0.25, -0.2) is 0 Å². The molecule has 1 atom stereocenters. The summed E-state index contributed by atoms with van der Waals surface area (Å²) in [5, 5.41) is 0. The molecular formula is C19H18ClP. The number of halogens is 1. The van der Waals surface area contributed by atoms with E-state index in [0.29, 0.717) is 0 Å². The standard InChI is InChI=1S/C19H15Cl.H3P/c20-19(16-10-4-1-5-11-16,17-12-6-2-7-13-17)18-14-8-3-9-15-18;/h1-15H;1H3. The number of hydrogen-bond donors (Lipinski definition) is 0. The molecule has 21 heavy (non-hydrogen) atoms. The third kappa shape index (κ3) is 3.02. The van der Waals surface area contributed by atoms with Gasteiger partial charge in [0, 0.05) is 0 Å². The van der Waals surface area contributed by atoms with Crippen molar-refractivity contribution in [1.82, 2.24) is 0 Å². The highest BCUT2D eigenvalue weighted by atomic mass is 35.5. The van der Waals surface area contributed by atoms with Gasteiger partial charge in [0.2, 0.25) is 0 Å². The summed E-state index contributed by atoms with van der Waals surface area (Å²) in [7, 11) is 0. The molecule has 0 spiro atoms. The van der Waals surface area contributed by atoms with E-state index in [2.05, 4.69) is 36.4 Å². The van der Waals surface area contributed by atoms with Gasteiger partial charge < -0.3 is 0 Å². The minimum Gasteiger partial charge on any atom is -0.153 e. The number of hydrogen-bond acceptors (Lipinski definition) is 0. The van der Waals surface area contributed by atoms with Crippen LogP contribution in [0, 0.1) is 0 Å². The number of benzene rings is 3. The van der Waals surface area contributed by atoms with Crippen LogP contribution in [0.2, 0.25) is 0 Å². The zero-order chi connectivity index (χ0) is 13.8. The van der Waals surface area contributed by atoms with Crippen molar-refractivity contribution < 1.29 is 0 Å². The van der Waals surface area contributed by atoms with Crippen LogP contribution < -0.4 is 0 Å². The Morgan fingerprint density at radius 3 is 0.952 bits per heavy atom. The molecule has 3 aromatic rings. The molecule has 0 fully saturated rings. The molecule has 1 unspecified atom stereocenters. The second-order valence-electron chi connectivity index (χ2n) is 4.76. The Morgan fingerprint density at radius 2 is 0.714 bits per heavy atom. The second kappa shape index (κ2) is 6.89. The largest absolute Gasteiger partial charge is 0.153 e. The van der Waals surface area contributed by atoms with E-state index in [1.54, 1.807) is 0 Å². The van der Waals surface area contributed by atoms with Crippen molar-refractivity contribution in [3.63, 3.8) is 0 Å². The maximum atomic E-state index is 7.12. The predicted octanol–water partition coefficient (Wildman–Crippen LogP) is 5.28. The van der Waals surface area contributed by atoms with Gasteiger partial charge in [-0.2, -0.15) is 9.90 Å². The molecule has 3 aromatic carbocycles. The summed E-state index contributed by atoms with van der Waals surface area (Å²) in [4.78, 5) is -0.649. The van der Waals surface area contributed by atoms with E-state index in [1.165, 1.54) is 0 Å². The van der Waals surface area contributed by atoms with Gasteiger partial charge in [0.05, 0.1) is 0 Å². The first-order chi connectivity index (χ1) is 9.82. The van der Waals surface area contributed by atoms with E-state index in [0.717, 1.165) is 16.7 Å². The van der Waals surface area contributed by atoms with E-state index >= 15 is 0 Å². The summed E-state index contributed by atoms with van der Waals surface area (Å²) in [5.74, 6) is 0. The van der Waals surface area contributed by atoms with E-state index in [9.17, 15) is 0 Å². The molecule has 0 heterocycles. The van der Waals surface area contributed by atoms with Crippen LogP contribution >= 0.6 is 21.5 Å². The highest BCUT2D eigenvalue weighted by molar-refractivity contribution is 6.92.